The fourth-order valence-corrected chi connectivity index (χ4v) is 2.66. The van der Waals surface area contributed by atoms with Gasteiger partial charge >= 0.3 is 5.97 Å². The number of sulfonamides is 1. The van der Waals surface area contributed by atoms with E-state index < -0.39 is 27.9 Å². The Balaban J connectivity index is 3.21. The summed E-state index contributed by atoms with van der Waals surface area (Å²) in [6.45, 7) is 4.78. The van der Waals surface area contributed by atoms with Crippen LogP contribution >= 0.6 is 0 Å². The highest BCUT2D eigenvalue weighted by Crippen LogP contribution is 2.22. The minimum absolute atomic E-state index is 0.0352. The highest BCUT2D eigenvalue weighted by Gasteiger charge is 2.22. The SMILES string of the molecule is C=CCCC(NC(=O)c1cc(NC(C)=O)ccc1NS(C)(=O)=O)C(=O)O. The van der Waals surface area contributed by atoms with Crippen molar-refractivity contribution in [1.29, 1.82) is 0 Å². The van der Waals surface area contributed by atoms with Crippen LogP contribution in [0.25, 0.3) is 0 Å². The lowest BCUT2D eigenvalue weighted by atomic mass is 10.1. The minimum Gasteiger partial charge on any atom is -0.480 e. The molecule has 0 fully saturated rings. The van der Waals surface area contributed by atoms with Crippen molar-refractivity contribution in [3.63, 3.8) is 0 Å². The van der Waals surface area contributed by atoms with Crippen LogP contribution in [0.15, 0.2) is 30.9 Å². The first-order valence-corrected chi connectivity index (χ1v) is 9.46. The first kappa shape index (κ1) is 21.2. The fraction of sp³-hybridized carbons (Fsp3) is 0.312. The lowest BCUT2D eigenvalue weighted by Gasteiger charge is -2.17. The second kappa shape index (κ2) is 8.99. The Bertz CT molecular complexity index is 819. The quantitative estimate of drug-likeness (QED) is 0.472. The molecule has 9 nitrogen and oxygen atoms in total. The Hall–Kier alpha value is -2.88. The van der Waals surface area contributed by atoms with Gasteiger partial charge in [-0.2, -0.15) is 0 Å². The lowest BCUT2D eigenvalue weighted by molar-refractivity contribution is -0.139. The van der Waals surface area contributed by atoms with Crippen LogP contribution < -0.4 is 15.4 Å². The number of hydrogen-bond donors (Lipinski definition) is 4. The number of carbonyl (C=O) groups is 3. The zero-order chi connectivity index (χ0) is 19.9. The third-order valence-corrected chi connectivity index (χ3v) is 3.73. The molecule has 0 heterocycles. The second-order valence-electron chi connectivity index (χ2n) is 5.55. The number of carboxylic acids is 1. The molecule has 1 aromatic rings. The van der Waals surface area contributed by atoms with Crippen molar-refractivity contribution in [2.75, 3.05) is 16.3 Å². The summed E-state index contributed by atoms with van der Waals surface area (Å²) in [5.41, 5.74) is 0.109. The van der Waals surface area contributed by atoms with Crippen LogP contribution in [0.1, 0.15) is 30.1 Å². The van der Waals surface area contributed by atoms with Crippen molar-refractivity contribution in [3.05, 3.63) is 36.4 Å². The van der Waals surface area contributed by atoms with Gasteiger partial charge < -0.3 is 15.7 Å². The smallest absolute Gasteiger partial charge is 0.326 e. The molecule has 0 aromatic heterocycles. The Labute approximate surface area is 151 Å². The molecule has 4 N–H and O–H groups in total. The number of carboxylic acid groups (broad SMARTS) is 1. The zero-order valence-corrected chi connectivity index (χ0v) is 15.2. The van der Waals surface area contributed by atoms with Crippen molar-refractivity contribution < 1.29 is 27.9 Å². The Morgan fingerprint density at radius 1 is 1.31 bits per heavy atom. The van der Waals surface area contributed by atoms with Crippen LogP contribution in [0, 0.1) is 0 Å². The maximum Gasteiger partial charge on any atom is 0.326 e. The normalized spacial score (nSPS) is 11.9. The number of nitrogens with one attached hydrogen (secondary N) is 3. The topological polar surface area (TPSA) is 142 Å². The van der Waals surface area contributed by atoms with E-state index in [1.54, 1.807) is 0 Å². The number of allylic oxidation sites excluding steroid dienone is 1. The summed E-state index contributed by atoms with van der Waals surface area (Å²) in [6, 6.07) is 2.81. The molecule has 0 aliphatic heterocycles. The van der Waals surface area contributed by atoms with Crippen LogP contribution in [0.3, 0.4) is 0 Å². The van der Waals surface area contributed by atoms with E-state index >= 15 is 0 Å². The van der Waals surface area contributed by atoms with Gasteiger partial charge in [-0.3, -0.25) is 14.3 Å². The number of benzene rings is 1. The number of rotatable bonds is 9. The fourth-order valence-electron chi connectivity index (χ4n) is 2.08. The zero-order valence-electron chi connectivity index (χ0n) is 14.4. The van der Waals surface area contributed by atoms with Crippen LogP contribution in [0.5, 0.6) is 0 Å². The summed E-state index contributed by atoms with van der Waals surface area (Å²) in [5.74, 6) is -2.40. The summed E-state index contributed by atoms with van der Waals surface area (Å²) in [7, 11) is -3.68. The van der Waals surface area contributed by atoms with Gasteiger partial charge in [-0.05, 0) is 31.0 Å². The van der Waals surface area contributed by atoms with E-state index in [9.17, 15) is 27.9 Å². The maximum absolute atomic E-state index is 12.5. The Kier molecular flexibility index (Phi) is 7.32. The Morgan fingerprint density at radius 3 is 2.46 bits per heavy atom. The Morgan fingerprint density at radius 2 is 1.96 bits per heavy atom. The molecule has 0 saturated carbocycles. The van der Waals surface area contributed by atoms with Crippen LogP contribution in [-0.4, -0.2) is 43.6 Å². The van der Waals surface area contributed by atoms with Crippen molar-refractivity contribution in [3.8, 4) is 0 Å². The first-order valence-electron chi connectivity index (χ1n) is 7.57. The number of amides is 2. The van der Waals surface area contributed by atoms with Crippen LogP contribution in [0.4, 0.5) is 11.4 Å². The molecule has 1 aromatic carbocycles. The minimum atomic E-state index is -3.68. The molecule has 0 bridgehead atoms. The molecule has 2 amide bonds. The molecule has 10 heteroatoms. The molecule has 142 valence electrons. The number of aliphatic carboxylic acids is 1. The van der Waals surface area contributed by atoms with Gasteiger partial charge in [0.2, 0.25) is 15.9 Å². The van der Waals surface area contributed by atoms with Gasteiger partial charge in [-0.15, -0.1) is 6.58 Å². The molecular formula is C16H21N3O6S. The predicted molar refractivity (Wildman–Crippen MR) is 97.5 cm³/mol. The summed E-state index contributed by atoms with van der Waals surface area (Å²) < 4.78 is 25.2. The van der Waals surface area contributed by atoms with E-state index in [0.29, 0.717) is 6.42 Å². The molecule has 26 heavy (non-hydrogen) atoms. The van der Waals surface area contributed by atoms with Crippen molar-refractivity contribution in [2.45, 2.75) is 25.8 Å². The average molecular weight is 383 g/mol. The van der Waals surface area contributed by atoms with E-state index in [4.69, 9.17) is 0 Å². The van der Waals surface area contributed by atoms with Gasteiger partial charge in [0.05, 0.1) is 17.5 Å². The van der Waals surface area contributed by atoms with Crippen molar-refractivity contribution in [2.24, 2.45) is 0 Å². The van der Waals surface area contributed by atoms with Crippen LogP contribution in [0.2, 0.25) is 0 Å². The van der Waals surface area contributed by atoms with Gasteiger partial charge in [0.1, 0.15) is 6.04 Å². The summed E-state index contributed by atoms with van der Waals surface area (Å²) in [5, 5.41) is 14.0. The predicted octanol–water partition coefficient (Wildman–Crippen LogP) is 1.17. The third kappa shape index (κ3) is 6.93. The molecule has 0 radical (unpaired) electrons. The standard InChI is InChI=1S/C16H21N3O6S/c1-4-5-6-14(16(22)23)18-15(21)12-9-11(17-10(2)20)7-8-13(12)19-26(3,24)25/h4,7-9,14,19H,1,5-6H2,2-3H3,(H,17,20)(H,18,21)(H,22,23). The molecule has 1 unspecified atom stereocenters. The highest BCUT2D eigenvalue weighted by molar-refractivity contribution is 7.92. The average Bonchev–Trinajstić information content (AvgIpc) is 2.50. The van der Waals surface area contributed by atoms with E-state index in [2.05, 4.69) is 21.9 Å². The monoisotopic (exact) mass is 383 g/mol. The number of hydrogen-bond acceptors (Lipinski definition) is 5. The third-order valence-electron chi connectivity index (χ3n) is 3.14. The molecular weight excluding hydrogens is 362 g/mol. The van der Waals surface area contributed by atoms with E-state index in [1.807, 2.05) is 0 Å². The van der Waals surface area contributed by atoms with E-state index in [1.165, 1.54) is 31.2 Å². The maximum atomic E-state index is 12.5. The van der Waals surface area contributed by atoms with Crippen molar-refractivity contribution in [1.82, 2.24) is 5.32 Å². The van der Waals surface area contributed by atoms with Gasteiger partial charge in [0, 0.05) is 12.6 Å². The first-order chi connectivity index (χ1) is 12.0. The van der Waals surface area contributed by atoms with Gasteiger partial charge in [-0.25, -0.2) is 13.2 Å². The van der Waals surface area contributed by atoms with Crippen molar-refractivity contribution >= 4 is 39.2 Å². The molecule has 0 aliphatic rings. The highest BCUT2D eigenvalue weighted by atomic mass is 32.2. The molecule has 0 aliphatic carbocycles. The van der Waals surface area contributed by atoms with Gasteiger partial charge in [0.25, 0.3) is 5.91 Å². The van der Waals surface area contributed by atoms with Gasteiger partial charge in [-0.1, -0.05) is 6.08 Å². The van der Waals surface area contributed by atoms with Gasteiger partial charge in [0.15, 0.2) is 0 Å². The summed E-state index contributed by atoms with van der Waals surface area (Å²) >= 11 is 0. The molecule has 1 rings (SSSR count). The molecule has 0 spiro atoms. The second-order valence-corrected chi connectivity index (χ2v) is 7.29. The number of anilines is 2. The van der Waals surface area contributed by atoms with E-state index in [-0.39, 0.29) is 29.3 Å². The summed E-state index contributed by atoms with van der Waals surface area (Å²) in [6.07, 6.45) is 2.94. The lowest BCUT2D eigenvalue weighted by Crippen LogP contribution is -2.41. The summed E-state index contributed by atoms with van der Waals surface area (Å²) in [4.78, 5) is 35.0. The molecule has 1 atom stereocenters. The van der Waals surface area contributed by atoms with E-state index in [0.717, 1.165) is 6.26 Å². The van der Waals surface area contributed by atoms with Crippen LogP contribution in [-0.2, 0) is 19.6 Å². The molecule has 0 saturated heterocycles. The number of carbonyl (C=O) groups excluding carboxylic acids is 2. The largest absolute Gasteiger partial charge is 0.480 e.